The van der Waals surface area contributed by atoms with Crippen molar-refractivity contribution in [2.45, 2.75) is 0 Å². The first kappa shape index (κ1) is 9.30. The van der Waals surface area contributed by atoms with Gasteiger partial charge in [0.1, 0.15) is 0 Å². The minimum Gasteiger partial charge on any atom is -0.267 e. The van der Waals surface area contributed by atoms with Gasteiger partial charge in [-0.2, -0.15) is 0 Å². The third kappa shape index (κ3) is 1.35. The number of pyridine rings is 1. The summed E-state index contributed by atoms with van der Waals surface area (Å²) in [4.78, 5) is 16.0. The van der Waals surface area contributed by atoms with E-state index in [1.165, 1.54) is 11.5 Å². The van der Waals surface area contributed by atoms with Gasteiger partial charge in [-0.15, -0.1) is 0 Å². The highest BCUT2D eigenvalue weighted by Gasteiger charge is 2.07. The van der Waals surface area contributed by atoms with E-state index in [0.29, 0.717) is 0 Å². The predicted octanol–water partition coefficient (Wildman–Crippen LogP) is 2.45. The van der Waals surface area contributed by atoms with Crippen molar-refractivity contribution in [2.75, 3.05) is 0 Å². The lowest BCUT2D eigenvalue weighted by atomic mass is 10.3. The van der Waals surface area contributed by atoms with Gasteiger partial charge in [0.2, 0.25) is 0 Å². The number of rotatable bonds is 1. The highest BCUT2D eigenvalue weighted by Crippen LogP contribution is 2.18. The van der Waals surface area contributed by atoms with E-state index in [0.717, 1.165) is 15.8 Å². The smallest absolute Gasteiger partial charge is 0.267 e. The molecule has 0 bridgehead atoms. The van der Waals surface area contributed by atoms with Gasteiger partial charge in [-0.05, 0) is 24.3 Å². The molecule has 0 fully saturated rings. The first-order chi connectivity index (χ1) is 7.86. The summed E-state index contributed by atoms with van der Waals surface area (Å²) in [6.07, 6.45) is 3.37. The molecule has 2 aromatic heterocycles. The largest absolute Gasteiger partial charge is 0.273 e. The van der Waals surface area contributed by atoms with Crippen molar-refractivity contribution >= 4 is 21.6 Å². The number of hydrogen-bond donors (Lipinski definition) is 0. The zero-order valence-corrected chi connectivity index (χ0v) is 9.15. The maximum atomic E-state index is 12.1. The molecule has 0 atom stereocenters. The zero-order valence-electron chi connectivity index (χ0n) is 8.33. The van der Waals surface area contributed by atoms with Crippen LogP contribution in [0.3, 0.4) is 0 Å². The van der Waals surface area contributed by atoms with Crippen molar-refractivity contribution in [3.8, 4) is 5.69 Å². The molecule has 1 aromatic carbocycles. The molecule has 0 unspecified atom stereocenters. The summed E-state index contributed by atoms with van der Waals surface area (Å²) in [5.41, 5.74) is 0.896. The molecule has 78 valence electrons. The first-order valence-corrected chi connectivity index (χ1v) is 5.65. The molecule has 0 aliphatic heterocycles. The molecule has 0 aliphatic rings. The van der Waals surface area contributed by atoms with Crippen LogP contribution in [0.1, 0.15) is 0 Å². The summed E-state index contributed by atoms with van der Waals surface area (Å²) in [7, 11) is 0. The second kappa shape index (κ2) is 3.57. The van der Waals surface area contributed by atoms with Gasteiger partial charge in [0.15, 0.2) is 0 Å². The Bertz CT molecular complexity index is 685. The number of nitrogens with zero attached hydrogens (tertiary/aromatic N) is 2. The van der Waals surface area contributed by atoms with Crippen LogP contribution < -0.4 is 5.56 Å². The monoisotopic (exact) mass is 228 g/mol. The maximum absolute atomic E-state index is 12.1. The van der Waals surface area contributed by atoms with E-state index in [2.05, 4.69) is 4.98 Å². The Hall–Kier alpha value is -1.94. The molecule has 3 nitrogen and oxygen atoms in total. The molecule has 0 saturated carbocycles. The van der Waals surface area contributed by atoms with Gasteiger partial charge in [0.05, 0.1) is 15.8 Å². The van der Waals surface area contributed by atoms with E-state index in [1.54, 1.807) is 16.4 Å². The molecule has 3 rings (SSSR count). The van der Waals surface area contributed by atoms with Crippen molar-refractivity contribution in [2.24, 2.45) is 0 Å². The topological polar surface area (TPSA) is 34.9 Å². The number of aromatic nitrogens is 2. The zero-order chi connectivity index (χ0) is 11.0. The van der Waals surface area contributed by atoms with Gasteiger partial charge < -0.3 is 0 Å². The second-order valence-corrected chi connectivity index (χ2v) is 4.38. The van der Waals surface area contributed by atoms with Crippen molar-refractivity contribution in [3.05, 3.63) is 59.1 Å². The minimum absolute atomic E-state index is 0.0341. The summed E-state index contributed by atoms with van der Waals surface area (Å²) >= 11 is 1.45. The van der Waals surface area contributed by atoms with Gasteiger partial charge in [0.25, 0.3) is 5.56 Å². The molecule has 0 radical (unpaired) electrons. The Kier molecular flexibility index (Phi) is 2.08. The normalized spacial score (nSPS) is 10.8. The Morgan fingerprint density at radius 3 is 2.56 bits per heavy atom. The van der Waals surface area contributed by atoms with Crippen LogP contribution in [0.4, 0.5) is 0 Å². The Labute approximate surface area is 95.8 Å². The fourth-order valence-electron chi connectivity index (χ4n) is 1.62. The highest BCUT2D eigenvalue weighted by molar-refractivity contribution is 7.14. The molecule has 0 saturated heterocycles. The predicted molar refractivity (Wildman–Crippen MR) is 65.2 cm³/mol. The Morgan fingerprint density at radius 2 is 1.81 bits per heavy atom. The first-order valence-electron chi connectivity index (χ1n) is 4.88. The Morgan fingerprint density at radius 1 is 1.06 bits per heavy atom. The van der Waals surface area contributed by atoms with Gasteiger partial charge in [0, 0.05) is 12.4 Å². The SMILES string of the molecule is O=c1c2ccccc2sn1-c1ccncc1. The molecule has 3 aromatic rings. The lowest BCUT2D eigenvalue weighted by Gasteiger charge is -1.96. The number of benzene rings is 1. The quantitative estimate of drug-likeness (QED) is 0.641. The van der Waals surface area contributed by atoms with Crippen LogP contribution in [0.5, 0.6) is 0 Å². The van der Waals surface area contributed by atoms with Crippen LogP contribution >= 0.6 is 11.5 Å². The van der Waals surface area contributed by atoms with Gasteiger partial charge in [-0.25, -0.2) is 3.96 Å². The van der Waals surface area contributed by atoms with Crippen molar-refractivity contribution in [3.63, 3.8) is 0 Å². The lowest BCUT2D eigenvalue weighted by Crippen LogP contribution is -2.10. The third-order valence-corrected chi connectivity index (χ3v) is 3.50. The van der Waals surface area contributed by atoms with Crippen molar-refractivity contribution in [1.82, 2.24) is 8.94 Å². The summed E-state index contributed by atoms with van der Waals surface area (Å²) in [6.45, 7) is 0. The second-order valence-electron chi connectivity index (χ2n) is 3.39. The molecule has 2 heterocycles. The van der Waals surface area contributed by atoms with Crippen molar-refractivity contribution < 1.29 is 0 Å². The molecule has 0 amide bonds. The van der Waals surface area contributed by atoms with E-state index < -0.39 is 0 Å². The number of fused-ring (bicyclic) bond motifs is 1. The summed E-state index contributed by atoms with van der Waals surface area (Å²) < 4.78 is 2.69. The van der Waals surface area contributed by atoms with Crippen LogP contribution in [-0.2, 0) is 0 Å². The van der Waals surface area contributed by atoms with Crippen LogP contribution in [0.15, 0.2) is 53.6 Å². The minimum atomic E-state index is 0.0341. The average molecular weight is 228 g/mol. The van der Waals surface area contributed by atoms with Gasteiger partial charge in [-0.3, -0.25) is 9.78 Å². The van der Waals surface area contributed by atoms with E-state index in [9.17, 15) is 4.79 Å². The summed E-state index contributed by atoms with van der Waals surface area (Å²) in [6, 6.07) is 11.3. The van der Waals surface area contributed by atoms with E-state index in [-0.39, 0.29) is 5.56 Å². The molecule has 0 spiro atoms. The fraction of sp³-hybridized carbons (Fsp3) is 0. The van der Waals surface area contributed by atoms with E-state index in [1.807, 2.05) is 36.4 Å². The molecular weight excluding hydrogens is 220 g/mol. The van der Waals surface area contributed by atoms with E-state index in [4.69, 9.17) is 0 Å². The summed E-state index contributed by atoms with van der Waals surface area (Å²) in [5, 5.41) is 0.768. The lowest BCUT2D eigenvalue weighted by molar-refractivity contribution is 1.13. The van der Waals surface area contributed by atoms with Crippen LogP contribution in [0.25, 0.3) is 15.8 Å². The Balaban J connectivity index is 2.34. The standard InChI is InChI=1S/C12H8N2OS/c15-12-10-3-1-2-4-11(10)16-14(12)9-5-7-13-8-6-9/h1-8H. The maximum Gasteiger partial charge on any atom is 0.273 e. The number of hydrogen-bond acceptors (Lipinski definition) is 3. The van der Waals surface area contributed by atoms with Crippen molar-refractivity contribution in [1.29, 1.82) is 0 Å². The van der Waals surface area contributed by atoms with Gasteiger partial charge >= 0.3 is 0 Å². The molecule has 0 aliphatic carbocycles. The fourth-order valence-corrected chi connectivity index (χ4v) is 2.62. The van der Waals surface area contributed by atoms with Crippen LogP contribution in [-0.4, -0.2) is 8.94 Å². The molecule has 4 heteroatoms. The van der Waals surface area contributed by atoms with Crippen LogP contribution in [0.2, 0.25) is 0 Å². The van der Waals surface area contributed by atoms with Gasteiger partial charge in [-0.1, -0.05) is 23.7 Å². The third-order valence-electron chi connectivity index (χ3n) is 2.39. The molecule has 0 N–H and O–H groups in total. The van der Waals surface area contributed by atoms with Crippen LogP contribution in [0, 0.1) is 0 Å². The summed E-state index contributed by atoms with van der Waals surface area (Å²) in [5.74, 6) is 0. The average Bonchev–Trinajstić information content (AvgIpc) is 2.69. The van der Waals surface area contributed by atoms with E-state index >= 15 is 0 Å². The molecular formula is C12H8N2OS. The molecule has 16 heavy (non-hydrogen) atoms. The highest BCUT2D eigenvalue weighted by atomic mass is 32.1.